The number of esters is 1. The highest BCUT2D eigenvalue weighted by molar-refractivity contribution is 5.79. The van der Waals surface area contributed by atoms with Gasteiger partial charge in [-0.15, -0.1) is 0 Å². The summed E-state index contributed by atoms with van der Waals surface area (Å²) in [5, 5.41) is 0. The van der Waals surface area contributed by atoms with Crippen LogP contribution in [-0.4, -0.2) is 11.6 Å². The second-order valence-corrected chi connectivity index (χ2v) is 5.51. The third-order valence-corrected chi connectivity index (χ3v) is 3.75. The smallest absolute Gasteiger partial charge is 0.350 e. The number of benzene rings is 2. The fourth-order valence-electron chi connectivity index (χ4n) is 2.05. The minimum Gasteiger partial charge on any atom is -0.476 e. The zero-order chi connectivity index (χ0) is 16.0. The lowest BCUT2D eigenvalue weighted by Crippen LogP contribution is -2.42. The molecule has 0 radical (unpaired) electrons. The second-order valence-electron chi connectivity index (χ2n) is 5.51. The van der Waals surface area contributed by atoms with E-state index in [9.17, 15) is 4.79 Å². The lowest BCUT2D eigenvalue weighted by atomic mass is 10.0. The molecule has 3 nitrogen and oxygen atoms in total. The molecule has 0 aliphatic rings. The third-order valence-electron chi connectivity index (χ3n) is 3.75. The number of carbonyl (C=O) groups excluding carboxylic acids is 1. The van der Waals surface area contributed by atoms with Crippen LogP contribution < -0.4 is 4.74 Å². The summed E-state index contributed by atoms with van der Waals surface area (Å²) >= 11 is 0. The van der Waals surface area contributed by atoms with Crippen molar-refractivity contribution in [1.29, 1.82) is 0 Å². The van der Waals surface area contributed by atoms with Gasteiger partial charge < -0.3 is 9.47 Å². The van der Waals surface area contributed by atoms with Gasteiger partial charge in [0.1, 0.15) is 12.4 Å². The Morgan fingerprint density at radius 2 is 1.68 bits per heavy atom. The van der Waals surface area contributed by atoms with E-state index in [0.29, 0.717) is 12.2 Å². The summed E-state index contributed by atoms with van der Waals surface area (Å²) in [5.74, 6) is 0.366. The molecular formula is C19H22O3. The molecule has 2 aromatic carbocycles. The lowest BCUT2D eigenvalue weighted by Gasteiger charge is -2.28. The topological polar surface area (TPSA) is 35.5 Å². The average Bonchev–Trinajstić information content (AvgIpc) is 2.55. The Bertz CT molecular complexity index is 622. The minimum absolute atomic E-state index is 0.256. The van der Waals surface area contributed by atoms with Gasteiger partial charge in [0.25, 0.3) is 0 Å². The van der Waals surface area contributed by atoms with Gasteiger partial charge in [0.05, 0.1) is 0 Å². The highest BCUT2D eigenvalue weighted by Crippen LogP contribution is 2.26. The average molecular weight is 298 g/mol. The Kier molecular flexibility index (Phi) is 5.21. The van der Waals surface area contributed by atoms with Crippen molar-refractivity contribution < 1.29 is 14.3 Å². The molecule has 0 spiro atoms. The molecule has 0 aromatic heterocycles. The summed E-state index contributed by atoms with van der Waals surface area (Å²) < 4.78 is 11.4. The Morgan fingerprint density at radius 1 is 1.05 bits per heavy atom. The summed E-state index contributed by atoms with van der Waals surface area (Å²) in [6.45, 7) is 5.90. The van der Waals surface area contributed by atoms with E-state index in [0.717, 1.165) is 11.1 Å². The summed E-state index contributed by atoms with van der Waals surface area (Å²) in [4.78, 5) is 12.4. The van der Waals surface area contributed by atoms with Crippen LogP contribution in [0.25, 0.3) is 0 Å². The Labute approximate surface area is 131 Å². The van der Waals surface area contributed by atoms with Crippen molar-refractivity contribution in [2.24, 2.45) is 0 Å². The Balaban J connectivity index is 2.05. The molecule has 0 unspecified atom stereocenters. The molecule has 0 amide bonds. The number of aryl methyl sites for hydroxylation is 1. The number of para-hydroxylation sites is 1. The van der Waals surface area contributed by atoms with Gasteiger partial charge in [-0.05, 0) is 37.5 Å². The zero-order valence-corrected chi connectivity index (χ0v) is 13.3. The first kappa shape index (κ1) is 16.1. The fraction of sp³-hybridized carbons (Fsp3) is 0.316. The van der Waals surface area contributed by atoms with E-state index in [1.165, 1.54) is 0 Å². The van der Waals surface area contributed by atoms with Gasteiger partial charge in [-0.3, -0.25) is 0 Å². The summed E-state index contributed by atoms with van der Waals surface area (Å²) in [5.41, 5.74) is 0.976. The lowest BCUT2D eigenvalue weighted by molar-refractivity contribution is -0.162. The molecule has 0 heterocycles. The maximum absolute atomic E-state index is 12.4. The van der Waals surface area contributed by atoms with Crippen LogP contribution in [-0.2, 0) is 16.1 Å². The Hall–Kier alpha value is -2.29. The molecular weight excluding hydrogens is 276 g/mol. The van der Waals surface area contributed by atoms with E-state index in [1.54, 1.807) is 6.92 Å². The maximum Gasteiger partial charge on any atom is 0.350 e. The van der Waals surface area contributed by atoms with Crippen molar-refractivity contribution in [2.75, 3.05) is 0 Å². The first-order chi connectivity index (χ1) is 10.5. The highest BCUT2D eigenvalue weighted by atomic mass is 16.6. The number of ether oxygens (including phenoxy) is 2. The fourth-order valence-corrected chi connectivity index (χ4v) is 2.05. The van der Waals surface area contributed by atoms with Crippen LogP contribution in [0.15, 0.2) is 54.6 Å². The van der Waals surface area contributed by atoms with Gasteiger partial charge in [0, 0.05) is 0 Å². The molecule has 0 saturated heterocycles. The van der Waals surface area contributed by atoms with Gasteiger partial charge in [0.2, 0.25) is 5.60 Å². The molecule has 0 aliphatic carbocycles. The minimum atomic E-state index is -0.985. The van der Waals surface area contributed by atoms with Crippen LogP contribution in [0, 0.1) is 6.92 Å². The van der Waals surface area contributed by atoms with Crippen LogP contribution in [0.1, 0.15) is 31.4 Å². The van der Waals surface area contributed by atoms with Gasteiger partial charge in [0.15, 0.2) is 0 Å². The molecule has 0 fully saturated rings. The SMILES string of the molecule is CC[C@@](C)(Oc1ccccc1C)C(=O)OCc1ccccc1. The van der Waals surface area contributed by atoms with Gasteiger partial charge in [-0.2, -0.15) is 0 Å². The second kappa shape index (κ2) is 7.12. The first-order valence-corrected chi connectivity index (χ1v) is 7.51. The van der Waals surface area contributed by atoms with Crippen LogP contribution >= 0.6 is 0 Å². The summed E-state index contributed by atoms with van der Waals surface area (Å²) in [6.07, 6.45) is 0.537. The molecule has 0 N–H and O–H groups in total. The van der Waals surface area contributed by atoms with Crippen LogP contribution in [0.2, 0.25) is 0 Å². The number of hydrogen-bond acceptors (Lipinski definition) is 3. The number of rotatable bonds is 6. The molecule has 116 valence electrons. The molecule has 2 rings (SSSR count). The predicted octanol–water partition coefficient (Wildman–Crippen LogP) is 4.29. The standard InChI is InChI=1S/C19H22O3/c1-4-19(3,22-17-13-9-8-10-15(17)2)18(20)21-14-16-11-6-5-7-12-16/h5-13H,4,14H2,1-3H3/t19-/m1/s1. The van der Waals surface area contributed by atoms with Crippen LogP contribution in [0.5, 0.6) is 5.75 Å². The van der Waals surface area contributed by atoms with Gasteiger partial charge in [-0.25, -0.2) is 4.79 Å². The summed E-state index contributed by atoms with van der Waals surface area (Å²) in [6, 6.07) is 17.3. The number of hydrogen-bond donors (Lipinski definition) is 0. The molecule has 0 aliphatic heterocycles. The normalized spacial score (nSPS) is 13.2. The predicted molar refractivity (Wildman–Crippen MR) is 86.7 cm³/mol. The van der Waals surface area contributed by atoms with Crippen molar-refractivity contribution >= 4 is 5.97 Å². The molecule has 0 bridgehead atoms. The van der Waals surface area contributed by atoms with Crippen molar-refractivity contribution in [2.45, 2.75) is 39.4 Å². The molecule has 22 heavy (non-hydrogen) atoms. The Morgan fingerprint density at radius 3 is 2.32 bits per heavy atom. The van der Waals surface area contributed by atoms with E-state index in [4.69, 9.17) is 9.47 Å². The van der Waals surface area contributed by atoms with E-state index in [1.807, 2.05) is 68.4 Å². The van der Waals surface area contributed by atoms with E-state index >= 15 is 0 Å². The van der Waals surface area contributed by atoms with Crippen molar-refractivity contribution in [3.63, 3.8) is 0 Å². The summed E-state index contributed by atoms with van der Waals surface area (Å²) in [7, 11) is 0. The van der Waals surface area contributed by atoms with Gasteiger partial charge >= 0.3 is 5.97 Å². The first-order valence-electron chi connectivity index (χ1n) is 7.51. The quantitative estimate of drug-likeness (QED) is 0.746. The van der Waals surface area contributed by atoms with E-state index in [2.05, 4.69) is 0 Å². The zero-order valence-electron chi connectivity index (χ0n) is 13.3. The van der Waals surface area contributed by atoms with Crippen molar-refractivity contribution in [3.8, 4) is 5.75 Å². The highest BCUT2D eigenvalue weighted by Gasteiger charge is 2.36. The van der Waals surface area contributed by atoms with E-state index < -0.39 is 5.60 Å². The van der Waals surface area contributed by atoms with E-state index in [-0.39, 0.29) is 12.6 Å². The van der Waals surface area contributed by atoms with Crippen molar-refractivity contribution in [3.05, 3.63) is 65.7 Å². The molecule has 2 aromatic rings. The molecule has 3 heteroatoms. The largest absolute Gasteiger partial charge is 0.476 e. The monoisotopic (exact) mass is 298 g/mol. The van der Waals surface area contributed by atoms with Crippen molar-refractivity contribution in [1.82, 2.24) is 0 Å². The third kappa shape index (κ3) is 3.88. The number of carbonyl (C=O) groups is 1. The maximum atomic E-state index is 12.4. The van der Waals surface area contributed by atoms with Gasteiger partial charge in [-0.1, -0.05) is 55.5 Å². The molecule has 1 atom stereocenters. The van der Waals surface area contributed by atoms with Crippen LogP contribution in [0.3, 0.4) is 0 Å². The van der Waals surface area contributed by atoms with Crippen LogP contribution in [0.4, 0.5) is 0 Å². The molecule has 0 saturated carbocycles.